The quantitative estimate of drug-likeness (QED) is 0.712. The van der Waals surface area contributed by atoms with Crippen LogP contribution in [0.4, 0.5) is 9.18 Å². The number of fused-ring (bicyclic) bond motifs is 1. The highest BCUT2D eigenvalue weighted by atomic mass is 19.1. The summed E-state index contributed by atoms with van der Waals surface area (Å²) in [5.41, 5.74) is -1.39. The number of nitrogens with one attached hydrogen (secondary N) is 1. The number of ketones is 1. The van der Waals surface area contributed by atoms with Crippen LogP contribution in [-0.2, 0) is 19.8 Å². The number of hydrogen-bond donors (Lipinski definition) is 1. The van der Waals surface area contributed by atoms with Gasteiger partial charge >= 0.3 is 12.1 Å². The van der Waals surface area contributed by atoms with Gasteiger partial charge in [-0.25, -0.2) is 9.18 Å². The molecule has 0 spiro atoms. The molecule has 2 aromatic rings. The fourth-order valence-corrected chi connectivity index (χ4v) is 4.00. The van der Waals surface area contributed by atoms with Crippen LogP contribution in [0.2, 0.25) is 0 Å². The summed E-state index contributed by atoms with van der Waals surface area (Å²) in [7, 11) is 0. The molecular weight excluding hydrogens is 401 g/mol. The van der Waals surface area contributed by atoms with Crippen molar-refractivity contribution in [1.82, 2.24) is 5.32 Å². The standard InChI is InChI=1S/C24H26FNO5/c1-5-30-20(27)14-19-17-12-11-16(25)13-18(17)21(28)24(19,15-9-7-6-8-10-15)26-22(29)31-23(2,3)4/h6-13,19H,5,14H2,1-4H3,(H,26,29)/t19-,24-/m1/s1. The van der Waals surface area contributed by atoms with Crippen LogP contribution < -0.4 is 5.32 Å². The molecule has 0 bridgehead atoms. The molecule has 0 aromatic heterocycles. The van der Waals surface area contributed by atoms with Crippen LogP contribution in [-0.4, -0.2) is 30.1 Å². The molecule has 2 aromatic carbocycles. The van der Waals surface area contributed by atoms with Crippen LogP contribution in [0.3, 0.4) is 0 Å². The molecule has 0 unspecified atom stereocenters. The third-order valence-corrected chi connectivity index (χ3v) is 5.12. The van der Waals surface area contributed by atoms with E-state index in [1.165, 1.54) is 12.1 Å². The Balaban J connectivity index is 2.19. The van der Waals surface area contributed by atoms with Gasteiger partial charge in [-0.05, 0) is 51.0 Å². The lowest BCUT2D eigenvalue weighted by Crippen LogP contribution is -2.54. The topological polar surface area (TPSA) is 81.7 Å². The fraction of sp³-hybridized carbons (Fsp3) is 0.375. The predicted octanol–water partition coefficient (Wildman–Crippen LogP) is 4.48. The summed E-state index contributed by atoms with van der Waals surface area (Å²) in [6.45, 7) is 6.98. The Morgan fingerprint density at radius 3 is 2.42 bits per heavy atom. The number of carbonyl (C=O) groups excluding carboxylic acids is 3. The first-order valence-corrected chi connectivity index (χ1v) is 10.1. The highest BCUT2D eigenvalue weighted by Crippen LogP contribution is 2.49. The summed E-state index contributed by atoms with van der Waals surface area (Å²) in [5.74, 6) is -2.41. The van der Waals surface area contributed by atoms with Crippen LogP contribution in [0.25, 0.3) is 0 Å². The molecule has 1 aliphatic rings. The Kier molecular flexibility index (Phi) is 6.15. The van der Waals surface area contributed by atoms with Gasteiger partial charge in [0.25, 0.3) is 0 Å². The molecular formula is C24H26FNO5. The number of hydrogen-bond acceptors (Lipinski definition) is 5. The van der Waals surface area contributed by atoms with E-state index in [4.69, 9.17) is 9.47 Å². The second kappa shape index (κ2) is 8.49. The number of rotatable bonds is 5. The molecule has 31 heavy (non-hydrogen) atoms. The monoisotopic (exact) mass is 427 g/mol. The van der Waals surface area contributed by atoms with E-state index >= 15 is 0 Å². The number of amides is 1. The lowest BCUT2D eigenvalue weighted by atomic mass is 9.76. The Labute approximate surface area is 180 Å². The van der Waals surface area contributed by atoms with Crippen molar-refractivity contribution in [1.29, 1.82) is 0 Å². The molecule has 0 aliphatic heterocycles. The van der Waals surface area contributed by atoms with Gasteiger partial charge in [-0.15, -0.1) is 0 Å². The minimum absolute atomic E-state index is 0.120. The molecule has 1 amide bonds. The number of Topliss-reactive ketones (excluding diaryl/α,β-unsaturated/α-hetero) is 1. The maximum atomic E-state index is 14.0. The van der Waals surface area contributed by atoms with Gasteiger partial charge in [-0.1, -0.05) is 36.4 Å². The lowest BCUT2D eigenvalue weighted by Gasteiger charge is -2.36. The van der Waals surface area contributed by atoms with Crippen LogP contribution >= 0.6 is 0 Å². The first kappa shape index (κ1) is 22.5. The van der Waals surface area contributed by atoms with Crippen LogP contribution in [0.1, 0.15) is 61.5 Å². The van der Waals surface area contributed by atoms with E-state index in [-0.39, 0.29) is 18.6 Å². The van der Waals surface area contributed by atoms with Gasteiger partial charge in [0.15, 0.2) is 5.78 Å². The Bertz CT molecular complexity index is 999. The average molecular weight is 427 g/mol. The zero-order valence-corrected chi connectivity index (χ0v) is 18.0. The van der Waals surface area contributed by atoms with Crippen molar-refractivity contribution in [2.45, 2.75) is 51.2 Å². The van der Waals surface area contributed by atoms with Gasteiger partial charge in [0.2, 0.25) is 0 Å². The molecule has 0 radical (unpaired) electrons. The minimum atomic E-state index is -1.65. The summed E-state index contributed by atoms with van der Waals surface area (Å²) in [5, 5.41) is 2.74. The molecule has 164 valence electrons. The van der Waals surface area contributed by atoms with Crippen molar-refractivity contribution in [3.63, 3.8) is 0 Å². The molecule has 1 N–H and O–H groups in total. The average Bonchev–Trinajstić information content (AvgIpc) is 2.90. The van der Waals surface area contributed by atoms with E-state index in [1.54, 1.807) is 58.0 Å². The maximum Gasteiger partial charge on any atom is 0.408 e. The summed E-state index contributed by atoms with van der Waals surface area (Å²) in [4.78, 5) is 39.0. The number of ether oxygens (including phenoxy) is 2. The number of esters is 1. The summed E-state index contributed by atoms with van der Waals surface area (Å²) < 4.78 is 24.6. The number of benzene rings is 2. The highest BCUT2D eigenvalue weighted by molar-refractivity contribution is 6.11. The van der Waals surface area contributed by atoms with Crippen LogP contribution in [0.15, 0.2) is 48.5 Å². The van der Waals surface area contributed by atoms with Gasteiger partial charge in [0.1, 0.15) is 17.0 Å². The predicted molar refractivity (Wildman–Crippen MR) is 112 cm³/mol. The smallest absolute Gasteiger partial charge is 0.408 e. The van der Waals surface area contributed by atoms with Crippen molar-refractivity contribution >= 4 is 17.8 Å². The fourth-order valence-electron chi connectivity index (χ4n) is 4.00. The van der Waals surface area contributed by atoms with Crippen molar-refractivity contribution in [3.8, 4) is 0 Å². The van der Waals surface area contributed by atoms with Gasteiger partial charge in [-0.2, -0.15) is 0 Å². The zero-order chi connectivity index (χ0) is 22.8. The number of carbonyl (C=O) groups is 3. The van der Waals surface area contributed by atoms with Crippen molar-refractivity contribution in [2.24, 2.45) is 0 Å². The van der Waals surface area contributed by atoms with Crippen molar-refractivity contribution in [3.05, 3.63) is 71.0 Å². The van der Waals surface area contributed by atoms with E-state index in [9.17, 15) is 18.8 Å². The van der Waals surface area contributed by atoms with E-state index < -0.39 is 40.7 Å². The largest absolute Gasteiger partial charge is 0.466 e. The van der Waals surface area contributed by atoms with Gasteiger partial charge < -0.3 is 14.8 Å². The second-order valence-corrected chi connectivity index (χ2v) is 8.42. The molecule has 0 heterocycles. The summed E-state index contributed by atoms with van der Waals surface area (Å²) in [6, 6.07) is 12.5. The van der Waals surface area contributed by atoms with E-state index in [0.29, 0.717) is 11.1 Å². The summed E-state index contributed by atoms with van der Waals surface area (Å²) in [6.07, 6.45) is -0.991. The third kappa shape index (κ3) is 4.45. The van der Waals surface area contributed by atoms with Crippen LogP contribution in [0, 0.1) is 5.82 Å². The van der Waals surface area contributed by atoms with Gasteiger partial charge in [0.05, 0.1) is 13.0 Å². The third-order valence-electron chi connectivity index (χ3n) is 5.12. The summed E-state index contributed by atoms with van der Waals surface area (Å²) >= 11 is 0. The number of halogens is 1. The molecule has 2 atom stereocenters. The highest BCUT2D eigenvalue weighted by Gasteiger charge is 2.56. The molecule has 7 heteroatoms. The molecule has 0 saturated carbocycles. The molecule has 3 rings (SSSR count). The Morgan fingerprint density at radius 1 is 1.13 bits per heavy atom. The van der Waals surface area contributed by atoms with Crippen molar-refractivity contribution in [2.75, 3.05) is 6.61 Å². The SMILES string of the molecule is CCOC(=O)C[C@@H]1c2ccc(F)cc2C(=O)[C@@]1(NC(=O)OC(C)(C)C)c1ccccc1. The second-order valence-electron chi connectivity index (χ2n) is 8.42. The van der Waals surface area contributed by atoms with E-state index in [2.05, 4.69) is 5.32 Å². The normalized spacial score (nSPS) is 20.2. The van der Waals surface area contributed by atoms with Crippen molar-refractivity contribution < 1.29 is 28.2 Å². The van der Waals surface area contributed by atoms with Gasteiger partial charge in [-0.3, -0.25) is 9.59 Å². The van der Waals surface area contributed by atoms with Crippen LogP contribution in [0.5, 0.6) is 0 Å². The Morgan fingerprint density at radius 2 is 1.81 bits per heavy atom. The van der Waals surface area contributed by atoms with E-state index in [0.717, 1.165) is 6.07 Å². The zero-order valence-electron chi connectivity index (χ0n) is 18.0. The number of alkyl carbamates (subject to hydrolysis) is 1. The minimum Gasteiger partial charge on any atom is -0.466 e. The van der Waals surface area contributed by atoms with Gasteiger partial charge in [0, 0.05) is 11.5 Å². The lowest BCUT2D eigenvalue weighted by molar-refractivity contribution is -0.143. The maximum absolute atomic E-state index is 14.0. The Hall–Kier alpha value is -3.22. The molecule has 0 fully saturated rings. The first-order valence-electron chi connectivity index (χ1n) is 10.1. The molecule has 6 nitrogen and oxygen atoms in total. The molecule has 0 saturated heterocycles. The van der Waals surface area contributed by atoms with E-state index in [1.807, 2.05) is 0 Å². The first-order chi connectivity index (χ1) is 14.6. The molecule has 1 aliphatic carbocycles.